The third-order valence-electron chi connectivity index (χ3n) is 3.68. The number of halogens is 3. The van der Waals surface area contributed by atoms with Gasteiger partial charge in [-0.25, -0.2) is 0 Å². The molecule has 3 rings (SSSR count). The summed E-state index contributed by atoms with van der Waals surface area (Å²) in [6, 6.07) is 10.2. The molecule has 0 saturated heterocycles. The zero-order chi connectivity index (χ0) is 20.9. The summed E-state index contributed by atoms with van der Waals surface area (Å²) in [5.41, 5.74) is 1.14. The van der Waals surface area contributed by atoms with Crippen LogP contribution in [0.1, 0.15) is 4.88 Å². The van der Waals surface area contributed by atoms with Gasteiger partial charge in [0.05, 0.1) is 12.5 Å². The Bertz CT molecular complexity index is 966. The zero-order valence-electron chi connectivity index (χ0n) is 14.8. The van der Waals surface area contributed by atoms with Crippen molar-refractivity contribution in [3.8, 4) is 16.2 Å². The number of furan rings is 1. The van der Waals surface area contributed by atoms with Gasteiger partial charge in [0.1, 0.15) is 5.75 Å². The average molecular weight is 424 g/mol. The monoisotopic (exact) mass is 424 g/mol. The molecule has 2 N–H and O–H groups in total. The van der Waals surface area contributed by atoms with Crippen molar-refractivity contribution < 1.29 is 31.9 Å². The van der Waals surface area contributed by atoms with Crippen LogP contribution >= 0.6 is 11.3 Å². The van der Waals surface area contributed by atoms with E-state index in [0.717, 1.165) is 27.5 Å². The van der Waals surface area contributed by atoms with Crippen LogP contribution in [0.4, 0.5) is 18.9 Å². The number of nitrogens with one attached hydrogen (secondary N) is 2. The Labute approximate surface area is 167 Å². The van der Waals surface area contributed by atoms with E-state index >= 15 is 0 Å². The molecular formula is C19H15F3N2O4S. The number of ether oxygens (including phenoxy) is 1. The standard InChI is InChI=1S/C19H15F3N2O4S/c20-19(21,22)28-14-3-1-13(2-4-14)24-18(26)17(25)23-9-7-15-5-6-16(29-15)12-8-10-27-11-12/h1-6,8,10-11H,7,9H2,(H,23,25)(H,24,26). The lowest BCUT2D eigenvalue weighted by atomic mass is 10.2. The summed E-state index contributed by atoms with van der Waals surface area (Å²) in [6.07, 6.45) is -1.02. The second-order valence-corrected chi connectivity index (χ2v) is 6.98. The number of hydrogen-bond acceptors (Lipinski definition) is 5. The molecule has 10 heteroatoms. The molecule has 0 saturated carbocycles. The van der Waals surface area contributed by atoms with E-state index in [9.17, 15) is 22.8 Å². The fraction of sp³-hybridized carbons (Fsp3) is 0.158. The van der Waals surface area contributed by atoms with E-state index in [1.807, 2.05) is 18.2 Å². The van der Waals surface area contributed by atoms with Gasteiger partial charge in [0.15, 0.2) is 0 Å². The maximum atomic E-state index is 12.1. The predicted octanol–water partition coefficient (Wildman–Crippen LogP) is 4.20. The molecule has 0 atom stereocenters. The van der Waals surface area contributed by atoms with Gasteiger partial charge in [-0.2, -0.15) is 0 Å². The largest absolute Gasteiger partial charge is 0.573 e. The summed E-state index contributed by atoms with van der Waals surface area (Å²) in [5.74, 6) is -2.18. The van der Waals surface area contributed by atoms with Gasteiger partial charge in [0.2, 0.25) is 0 Å². The van der Waals surface area contributed by atoms with Gasteiger partial charge in [-0.3, -0.25) is 9.59 Å². The molecule has 0 aliphatic carbocycles. The number of alkyl halides is 3. The number of carbonyl (C=O) groups excluding carboxylic acids is 2. The summed E-state index contributed by atoms with van der Waals surface area (Å²) in [4.78, 5) is 25.8. The first-order valence-corrected chi connectivity index (χ1v) is 9.18. The molecule has 0 spiro atoms. The van der Waals surface area contributed by atoms with E-state index in [1.54, 1.807) is 23.9 Å². The van der Waals surface area contributed by atoms with Crippen molar-refractivity contribution in [2.75, 3.05) is 11.9 Å². The molecule has 29 heavy (non-hydrogen) atoms. The number of hydrogen-bond donors (Lipinski definition) is 2. The Balaban J connectivity index is 1.44. The van der Waals surface area contributed by atoms with Gasteiger partial charge in [0, 0.05) is 27.5 Å². The van der Waals surface area contributed by atoms with Crippen LogP contribution in [0.3, 0.4) is 0 Å². The van der Waals surface area contributed by atoms with Crippen LogP contribution in [0.15, 0.2) is 59.4 Å². The number of carbonyl (C=O) groups is 2. The van der Waals surface area contributed by atoms with E-state index < -0.39 is 23.9 Å². The number of anilines is 1. The quantitative estimate of drug-likeness (QED) is 0.581. The Kier molecular flexibility index (Phi) is 6.23. The fourth-order valence-corrected chi connectivity index (χ4v) is 3.37. The highest BCUT2D eigenvalue weighted by molar-refractivity contribution is 7.15. The lowest BCUT2D eigenvalue weighted by Crippen LogP contribution is -2.36. The Morgan fingerprint density at radius 3 is 2.45 bits per heavy atom. The fourth-order valence-electron chi connectivity index (χ4n) is 2.38. The van der Waals surface area contributed by atoms with E-state index in [0.29, 0.717) is 6.42 Å². The molecule has 1 aromatic carbocycles. The first-order valence-electron chi connectivity index (χ1n) is 8.36. The third-order valence-corrected chi connectivity index (χ3v) is 4.87. The van der Waals surface area contributed by atoms with E-state index in [4.69, 9.17) is 4.42 Å². The number of amides is 2. The highest BCUT2D eigenvalue weighted by atomic mass is 32.1. The van der Waals surface area contributed by atoms with Crippen molar-refractivity contribution in [3.63, 3.8) is 0 Å². The molecular weight excluding hydrogens is 409 g/mol. The van der Waals surface area contributed by atoms with Crippen molar-refractivity contribution >= 4 is 28.8 Å². The third kappa shape index (κ3) is 6.11. The maximum Gasteiger partial charge on any atom is 0.573 e. The van der Waals surface area contributed by atoms with Crippen LogP contribution in [0.2, 0.25) is 0 Å². The van der Waals surface area contributed by atoms with E-state index in [1.165, 1.54) is 12.1 Å². The minimum Gasteiger partial charge on any atom is -0.472 e. The van der Waals surface area contributed by atoms with Gasteiger partial charge in [-0.1, -0.05) is 0 Å². The van der Waals surface area contributed by atoms with E-state index in [-0.39, 0.29) is 12.2 Å². The zero-order valence-corrected chi connectivity index (χ0v) is 15.6. The molecule has 6 nitrogen and oxygen atoms in total. The maximum absolute atomic E-state index is 12.1. The topological polar surface area (TPSA) is 80.6 Å². The molecule has 0 bridgehead atoms. The molecule has 2 aromatic heterocycles. The summed E-state index contributed by atoms with van der Waals surface area (Å²) in [5, 5.41) is 4.81. The number of benzene rings is 1. The smallest absolute Gasteiger partial charge is 0.472 e. The second kappa shape index (κ2) is 8.82. The minimum atomic E-state index is -4.80. The Hall–Kier alpha value is -3.27. The molecule has 3 aromatic rings. The second-order valence-electron chi connectivity index (χ2n) is 5.81. The molecule has 2 heterocycles. The molecule has 0 radical (unpaired) electrons. The molecule has 2 amide bonds. The van der Waals surface area contributed by atoms with Gasteiger partial charge < -0.3 is 19.8 Å². The van der Waals surface area contributed by atoms with Crippen LogP contribution in [-0.2, 0) is 16.0 Å². The highest BCUT2D eigenvalue weighted by Gasteiger charge is 2.31. The Morgan fingerprint density at radius 1 is 1.03 bits per heavy atom. The molecule has 0 fully saturated rings. The first-order chi connectivity index (χ1) is 13.8. The van der Waals surface area contributed by atoms with Crippen LogP contribution in [0.25, 0.3) is 10.4 Å². The predicted molar refractivity (Wildman–Crippen MR) is 100 cm³/mol. The van der Waals surface area contributed by atoms with E-state index in [2.05, 4.69) is 15.4 Å². The SMILES string of the molecule is O=C(NCCc1ccc(-c2ccoc2)s1)C(=O)Nc1ccc(OC(F)(F)F)cc1. The van der Waals surface area contributed by atoms with Crippen LogP contribution in [0.5, 0.6) is 5.75 Å². The van der Waals surface area contributed by atoms with Crippen molar-refractivity contribution in [3.05, 3.63) is 59.9 Å². The number of thiophene rings is 1. The summed E-state index contributed by atoms with van der Waals surface area (Å²) >= 11 is 1.55. The summed E-state index contributed by atoms with van der Waals surface area (Å²) < 4.78 is 45.1. The van der Waals surface area contributed by atoms with Crippen molar-refractivity contribution in [2.24, 2.45) is 0 Å². The lowest BCUT2D eigenvalue weighted by molar-refractivity contribution is -0.274. The lowest BCUT2D eigenvalue weighted by Gasteiger charge is -2.10. The number of rotatable bonds is 6. The van der Waals surface area contributed by atoms with Crippen molar-refractivity contribution in [2.45, 2.75) is 12.8 Å². The molecule has 0 unspecified atom stereocenters. The van der Waals surface area contributed by atoms with Gasteiger partial charge >= 0.3 is 18.2 Å². The van der Waals surface area contributed by atoms with Crippen LogP contribution in [-0.4, -0.2) is 24.7 Å². The summed E-state index contributed by atoms with van der Waals surface area (Å²) in [6.45, 7) is 0.260. The molecule has 152 valence electrons. The first kappa shape index (κ1) is 20.5. The van der Waals surface area contributed by atoms with Crippen LogP contribution < -0.4 is 15.4 Å². The highest BCUT2D eigenvalue weighted by Crippen LogP contribution is 2.28. The normalized spacial score (nSPS) is 11.1. The van der Waals surface area contributed by atoms with Gasteiger partial charge in [-0.05, 0) is 48.9 Å². The molecule has 0 aliphatic heterocycles. The van der Waals surface area contributed by atoms with Crippen molar-refractivity contribution in [1.29, 1.82) is 0 Å². The average Bonchev–Trinajstić information content (AvgIpc) is 3.33. The minimum absolute atomic E-state index is 0.169. The van der Waals surface area contributed by atoms with Crippen LogP contribution in [0, 0.1) is 0 Å². The molecule has 0 aliphatic rings. The Morgan fingerprint density at radius 2 is 1.79 bits per heavy atom. The van der Waals surface area contributed by atoms with Gasteiger partial charge in [-0.15, -0.1) is 24.5 Å². The summed E-state index contributed by atoms with van der Waals surface area (Å²) in [7, 11) is 0. The van der Waals surface area contributed by atoms with Gasteiger partial charge in [0.25, 0.3) is 0 Å². The van der Waals surface area contributed by atoms with Crippen molar-refractivity contribution in [1.82, 2.24) is 5.32 Å².